The highest BCUT2D eigenvalue weighted by atomic mass is 19.1. The van der Waals surface area contributed by atoms with Crippen LogP contribution in [-0.4, -0.2) is 4.98 Å². The molecule has 1 aromatic rings. The number of hydrogen-bond donors (Lipinski definition) is 1. The van der Waals surface area contributed by atoms with Gasteiger partial charge < -0.3 is 5.73 Å². The third-order valence-corrected chi connectivity index (χ3v) is 1.31. The van der Waals surface area contributed by atoms with E-state index in [1.807, 2.05) is 0 Å². The van der Waals surface area contributed by atoms with Crippen molar-refractivity contribution in [3.63, 3.8) is 0 Å². The molecule has 4 heteroatoms. The highest BCUT2D eigenvalue weighted by Crippen LogP contribution is 2.10. The second kappa shape index (κ2) is 2.92. The molecule has 0 aliphatic rings. The summed E-state index contributed by atoms with van der Waals surface area (Å²) < 4.78 is 24.8. The van der Waals surface area contributed by atoms with Crippen molar-refractivity contribution in [2.75, 3.05) is 0 Å². The average Bonchev–Trinajstić information content (AvgIpc) is 1.85. The van der Waals surface area contributed by atoms with Gasteiger partial charge in [-0.3, -0.25) is 0 Å². The van der Waals surface area contributed by atoms with E-state index in [0.29, 0.717) is 5.56 Å². The molecule has 0 unspecified atom stereocenters. The lowest BCUT2D eigenvalue weighted by Gasteiger charge is -2.03. The Balaban J connectivity index is 3.08. The topological polar surface area (TPSA) is 38.9 Å². The molecule has 0 bridgehead atoms. The molecule has 60 valence electrons. The molecule has 1 rings (SSSR count). The number of hydrogen-bond acceptors (Lipinski definition) is 2. The van der Waals surface area contributed by atoms with Gasteiger partial charge in [0.2, 0.25) is 11.9 Å². The average molecular weight is 158 g/mol. The van der Waals surface area contributed by atoms with Crippen LogP contribution in [0.3, 0.4) is 0 Å². The van der Waals surface area contributed by atoms with Crippen LogP contribution in [0.1, 0.15) is 18.5 Å². The van der Waals surface area contributed by atoms with Gasteiger partial charge in [-0.1, -0.05) is 0 Å². The van der Waals surface area contributed by atoms with Crippen molar-refractivity contribution in [2.45, 2.75) is 13.0 Å². The zero-order chi connectivity index (χ0) is 8.43. The molecule has 0 spiro atoms. The number of nitrogens with zero attached hydrogens (tertiary/aromatic N) is 1. The van der Waals surface area contributed by atoms with Crippen LogP contribution in [0, 0.1) is 11.9 Å². The Hall–Kier alpha value is -1.03. The molecule has 1 heterocycles. The SMILES string of the molecule is C[C@H](N)c1cc(F)nc(F)c1. The molecule has 0 saturated carbocycles. The minimum Gasteiger partial charge on any atom is -0.324 e. The van der Waals surface area contributed by atoms with Crippen molar-refractivity contribution in [2.24, 2.45) is 5.73 Å². The van der Waals surface area contributed by atoms with Crippen LogP contribution in [0.5, 0.6) is 0 Å². The summed E-state index contributed by atoms with van der Waals surface area (Å²) in [6.07, 6.45) is 0. The lowest BCUT2D eigenvalue weighted by Crippen LogP contribution is -2.06. The summed E-state index contributed by atoms with van der Waals surface area (Å²) in [4.78, 5) is 2.93. The van der Waals surface area contributed by atoms with E-state index in [-0.39, 0.29) is 6.04 Å². The van der Waals surface area contributed by atoms with Crippen LogP contribution in [0.15, 0.2) is 12.1 Å². The van der Waals surface area contributed by atoms with E-state index in [2.05, 4.69) is 4.98 Å². The van der Waals surface area contributed by atoms with Crippen molar-refractivity contribution >= 4 is 0 Å². The number of nitrogens with two attached hydrogens (primary N) is 1. The molecule has 0 aliphatic carbocycles. The molecular formula is C7H8F2N2. The molecule has 0 aliphatic heterocycles. The Morgan fingerprint density at radius 1 is 1.36 bits per heavy atom. The summed E-state index contributed by atoms with van der Waals surface area (Å²) in [6, 6.07) is 1.86. The second-order valence-electron chi connectivity index (χ2n) is 2.33. The molecule has 0 radical (unpaired) electrons. The highest BCUT2D eigenvalue weighted by Gasteiger charge is 2.04. The van der Waals surface area contributed by atoms with Crippen molar-refractivity contribution in [3.05, 3.63) is 29.6 Å². The molecule has 0 saturated heterocycles. The van der Waals surface area contributed by atoms with E-state index < -0.39 is 11.9 Å². The molecule has 2 N–H and O–H groups in total. The van der Waals surface area contributed by atoms with Gasteiger partial charge in [0.15, 0.2) is 0 Å². The van der Waals surface area contributed by atoms with Crippen LogP contribution in [0.2, 0.25) is 0 Å². The molecule has 0 amide bonds. The van der Waals surface area contributed by atoms with Crippen molar-refractivity contribution in [1.82, 2.24) is 4.98 Å². The van der Waals surface area contributed by atoms with Crippen molar-refractivity contribution in [3.8, 4) is 0 Å². The van der Waals surface area contributed by atoms with Gasteiger partial charge in [0.05, 0.1) is 0 Å². The van der Waals surface area contributed by atoms with Crippen LogP contribution >= 0.6 is 0 Å². The first-order chi connectivity index (χ1) is 5.09. The summed E-state index contributed by atoms with van der Waals surface area (Å²) >= 11 is 0. The van der Waals surface area contributed by atoms with E-state index in [1.165, 1.54) is 0 Å². The number of aromatic nitrogens is 1. The van der Waals surface area contributed by atoms with Gasteiger partial charge in [0.1, 0.15) is 0 Å². The molecular weight excluding hydrogens is 150 g/mol. The van der Waals surface area contributed by atoms with E-state index in [9.17, 15) is 8.78 Å². The summed E-state index contributed by atoms with van der Waals surface area (Å²) in [5, 5.41) is 0. The zero-order valence-electron chi connectivity index (χ0n) is 6.01. The summed E-state index contributed by atoms with van der Waals surface area (Å²) in [5.41, 5.74) is 5.80. The largest absolute Gasteiger partial charge is 0.324 e. The molecule has 2 nitrogen and oxygen atoms in total. The normalized spacial score (nSPS) is 13.1. The van der Waals surface area contributed by atoms with E-state index in [4.69, 9.17) is 5.73 Å². The van der Waals surface area contributed by atoms with Crippen LogP contribution in [-0.2, 0) is 0 Å². The Bertz CT molecular complexity index is 240. The van der Waals surface area contributed by atoms with Gasteiger partial charge in [0, 0.05) is 6.04 Å². The van der Waals surface area contributed by atoms with E-state index in [0.717, 1.165) is 12.1 Å². The van der Waals surface area contributed by atoms with Crippen LogP contribution in [0.4, 0.5) is 8.78 Å². The maximum atomic E-state index is 12.4. The smallest absolute Gasteiger partial charge is 0.215 e. The standard InChI is InChI=1S/C7H8F2N2/c1-4(10)5-2-6(8)11-7(9)3-5/h2-4H,10H2,1H3/t4-/m0/s1. The minimum absolute atomic E-state index is 0.373. The lowest BCUT2D eigenvalue weighted by molar-refractivity contribution is 0.507. The van der Waals surface area contributed by atoms with Gasteiger partial charge in [-0.2, -0.15) is 13.8 Å². The lowest BCUT2D eigenvalue weighted by atomic mass is 10.1. The van der Waals surface area contributed by atoms with Crippen molar-refractivity contribution in [1.29, 1.82) is 0 Å². The Morgan fingerprint density at radius 3 is 2.18 bits per heavy atom. The molecule has 1 aromatic heterocycles. The predicted octanol–water partition coefficient (Wildman–Crippen LogP) is 1.38. The van der Waals surface area contributed by atoms with Gasteiger partial charge in [-0.05, 0) is 24.6 Å². The maximum Gasteiger partial charge on any atom is 0.215 e. The second-order valence-corrected chi connectivity index (χ2v) is 2.33. The van der Waals surface area contributed by atoms with Gasteiger partial charge in [-0.15, -0.1) is 0 Å². The Labute approximate surface area is 63.1 Å². The maximum absolute atomic E-state index is 12.4. The zero-order valence-corrected chi connectivity index (χ0v) is 6.01. The summed E-state index contributed by atoms with van der Waals surface area (Å²) in [6.45, 7) is 1.65. The van der Waals surface area contributed by atoms with Crippen LogP contribution < -0.4 is 5.73 Å². The number of pyridine rings is 1. The molecule has 0 fully saturated rings. The van der Waals surface area contributed by atoms with E-state index in [1.54, 1.807) is 6.92 Å². The summed E-state index contributed by atoms with van der Waals surface area (Å²) in [5.74, 6) is -1.67. The third-order valence-electron chi connectivity index (χ3n) is 1.31. The molecule has 1 atom stereocenters. The molecule has 0 aromatic carbocycles. The summed E-state index contributed by atoms with van der Waals surface area (Å²) in [7, 11) is 0. The fraction of sp³-hybridized carbons (Fsp3) is 0.286. The highest BCUT2D eigenvalue weighted by molar-refractivity contribution is 5.15. The number of rotatable bonds is 1. The monoisotopic (exact) mass is 158 g/mol. The quantitative estimate of drug-likeness (QED) is 0.627. The van der Waals surface area contributed by atoms with E-state index >= 15 is 0 Å². The van der Waals surface area contributed by atoms with Crippen LogP contribution in [0.25, 0.3) is 0 Å². The van der Waals surface area contributed by atoms with Gasteiger partial charge >= 0.3 is 0 Å². The minimum atomic E-state index is -0.836. The Kier molecular flexibility index (Phi) is 2.14. The first-order valence-electron chi connectivity index (χ1n) is 3.18. The van der Waals surface area contributed by atoms with Crippen molar-refractivity contribution < 1.29 is 8.78 Å². The first kappa shape index (κ1) is 8.07. The third kappa shape index (κ3) is 1.94. The fourth-order valence-electron chi connectivity index (χ4n) is 0.746. The number of halogens is 2. The Morgan fingerprint density at radius 2 is 1.82 bits per heavy atom. The predicted molar refractivity (Wildman–Crippen MR) is 36.8 cm³/mol. The van der Waals surface area contributed by atoms with Gasteiger partial charge in [-0.25, -0.2) is 0 Å². The van der Waals surface area contributed by atoms with Gasteiger partial charge in [0.25, 0.3) is 0 Å². The molecule has 11 heavy (non-hydrogen) atoms. The fourth-order valence-corrected chi connectivity index (χ4v) is 0.746. The first-order valence-corrected chi connectivity index (χ1v) is 3.18.